The fraction of sp³-hybridized carbons (Fsp3) is 0.350. The zero-order valence-corrected chi connectivity index (χ0v) is 15.8. The van der Waals surface area contributed by atoms with Crippen LogP contribution in [0.2, 0.25) is 0 Å². The lowest BCUT2D eigenvalue weighted by molar-refractivity contribution is -0.122. The molecule has 1 amide bonds. The predicted molar refractivity (Wildman–Crippen MR) is 106 cm³/mol. The molecular formula is C20H22N4OS. The number of hydrogen-bond donors (Lipinski definition) is 1. The molecule has 0 aliphatic carbocycles. The van der Waals surface area contributed by atoms with Crippen LogP contribution in [0.1, 0.15) is 25.3 Å². The molecule has 1 saturated heterocycles. The lowest BCUT2D eigenvalue weighted by Gasteiger charge is -2.38. The Kier molecular flexibility index (Phi) is 4.36. The van der Waals surface area contributed by atoms with Crippen LogP contribution in [-0.4, -0.2) is 28.5 Å². The van der Waals surface area contributed by atoms with Gasteiger partial charge in [0.25, 0.3) is 0 Å². The van der Waals surface area contributed by atoms with Crippen LogP contribution in [0.15, 0.2) is 36.0 Å². The summed E-state index contributed by atoms with van der Waals surface area (Å²) in [6.45, 7) is 4.89. The molecule has 4 rings (SSSR count). The van der Waals surface area contributed by atoms with Crippen molar-refractivity contribution in [2.75, 3.05) is 11.4 Å². The van der Waals surface area contributed by atoms with Crippen LogP contribution in [-0.2, 0) is 4.79 Å². The number of thiophene rings is 1. The molecule has 0 saturated carbocycles. The maximum Gasteiger partial charge on any atom is 0.222 e. The SMILES string of the molecule is Cc1ccc(-c2csc3ncnc(N4CC(C(N)=O)CCC4C)c23)cc1. The monoisotopic (exact) mass is 366 g/mol. The average molecular weight is 366 g/mol. The first-order chi connectivity index (χ1) is 12.5. The van der Waals surface area contributed by atoms with Crippen LogP contribution in [0, 0.1) is 12.8 Å². The zero-order valence-electron chi connectivity index (χ0n) is 15.0. The molecule has 2 N–H and O–H groups in total. The van der Waals surface area contributed by atoms with Gasteiger partial charge in [0, 0.05) is 23.5 Å². The van der Waals surface area contributed by atoms with E-state index in [1.807, 2.05) is 0 Å². The molecule has 134 valence electrons. The summed E-state index contributed by atoms with van der Waals surface area (Å²) >= 11 is 1.63. The van der Waals surface area contributed by atoms with Gasteiger partial charge in [-0.2, -0.15) is 0 Å². The van der Waals surface area contributed by atoms with Crippen LogP contribution >= 0.6 is 11.3 Å². The number of benzene rings is 1. The molecule has 1 aromatic carbocycles. The topological polar surface area (TPSA) is 72.1 Å². The molecule has 2 unspecified atom stereocenters. The van der Waals surface area contributed by atoms with Crippen LogP contribution < -0.4 is 10.6 Å². The molecule has 6 heteroatoms. The molecule has 2 atom stereocenters. The van der Waals surface area contributed by atoms with Crippen molar-refractivity contribution >= 4 is 33.3 Å². The molecule has 5 nitrogen and oxygen atoms in total. The van der Waals surface area contributed by atoms with Crippen molar-refractivity contribution in [3.05, 3.63) is 41.5 Å². The molecule has 2 aromatic heterocycles. The number of primary amides is 1. The van der Waals surface area contributed by atoms with E-state index in [2.05, 4.69) is 58.4 Å². The van der Waals surface area contributed by atoms with Gasteiger partial charge in [-0.05, 0) is 32.3 Å². The van der Waals surface area contributed by atoms with E-state index >= 15 is 0 Å². The van der Waals surface area contributed by atoms with Gasteiger partial charge >= 0.3 is 0 Å². The van der Waals surface area contributed by atoms with E-state index in [9.17, 15) is 4.79 Å². The lowest BCUT2D eigenvalue weighted by Crippen LogP contribution is -2.46. The first-order valence-corrected chi connectivity index (χ1v) is 9.77. The minimum Gasteiger partial charge on any atom is -0.369 e. The van der Waals surface area contributed by atoms with Crippen molar-refractivity contribution < 1.29 is 4.79 Å². The third kappa shape index (κ3) is 2.94. The number of amides is 1. The second-order valence-electron chi connectivity index (χ2n) is 7.07. The Morgan fingerprint density at radius 2 is 2.00 bits per heavy atom. The lowest BCUT2D eigenvalue weighted by atomic mass is 9.92. The van der Waals surface area contributed by atoms with E-state index in [0.29, 0.717) is 12.6 Å². The number of fused-ring (bicyclic) bond motifs is 1. The second kappa shape index (κ2) is 6.68. The van der Waals surface area contributed by atoms with Gasteiger partial charge in [-0.1, -0.05) is 29.8 Å². The van der Waals surface area contributed by atoms with E-state index in [4.69, 9.17) is 5.73 Å². The number of hydrogen-bond acceptors (Lipinski definition) is 5. The summed E-state index contributed by atoms with van der Waals surface area (Å²) in [4.78, 5) is 24.0. The number of rotatable bonds is 3. The number of aromatic nitrogens is 2. The van der Waals surface area contributed by atoms with E-state index in [0.717, 1.165) is 40.0 Å². The highest BCUT2D eigenvalue weighted by molar-refractivity contribution is 7.17. The van der Waals surface area contributed by atoms with Crippen LogP contribution in [0.25, 0.3) is 21.3 Å². The van der Waals surface area contributed by atoms with Gasteiger partial charge in [-0.15, -0.1) is 11.3 Å². The Hall–Kier alpha value is -2.47. The van der Waals surface area contributed by atoms with E-state index in [1.165, 1.54) is 5.56 Å². The van der Waals surface area contributed by atoms with Crippen molar-refractivity contribution in [3.63, 3.8) is 0 Å². The summed E-state index contributed by atoms with van der Waals surface area (Å²) in [5.41, 5.74) is 9.13. The van der Waals surface area contributed by atoms with E-state index < -0.39 is 0 Å². The quantitative estimate of drug-likeness (QED) is 0.766. The Balaban J connectivity index is 1.83. The first-order valence-electron chi connectivity index (χ1n) is 8.90. The maximum absolute atomic E-state index is 11.7. The Morgan fingerprint density at radius 3 is 2.73 bits per heavy atom. The number of carbonyl (C=O) groups is 1. The van der Waals surface area contributed by atoms with E-state index in [-0.39, 0.29) is 11.8 Å². The number of nitrogens with zero attached hydrogens (tertiary/aromatic N) is 3. The Bertz CT molecular complexity index is 950. The molecule has 0 spiro atoms. The molecular weight excluding hydrogens is 344 g/mol. The van der Waals surface area contributed by atoms with Crippen LogP contribution in [0.4, 0.5) is 5.82 Å². The van der Waals surface area contributed by atoms with Gasteiger partial charge in [0.05, 0.1) is 11.3 Å². The van der Waals surface area contributed by atoms with Gasteiger partial charge in [-0.25, -0.2) is 9.97 Å². The van der Waals surface area contributed by atoms with Crippen LogP contribution in [0.3, 0.4) is 0 Å². The third-order valence-corrected chi connectivity index (χ3v) is 6.16. The highest BCUT2D eigenvalue weighted by Crippen LogP contribution is 2.39. The molecule has 0 radical (unpaired) electrons. The summed E-state index contributed by atoms with van der Waals surface area (Å²) < 4.78 is 0. The van der Waals surface area contributed by atoms with Crippen molar-refractivity contribution in [3.8, 4) is 11.1 Å². The molecule has 0 bridgehead atoms. The minimum atomic E-state index is -0.226. The standard InChI is InChI=1S/C20H22N4OS/c1-12-3-6-14(7-4-12)16-10-26-20-17(16)19(22-11-23-20)24-9-15(18(21)25)8-5-13(24)2/h3-4,6-7,10-11,13,15H,5,8-9H2,1-2H3,(H2,21,25). The van der Waals surface area contributed by atoms with Gasteiger partial charge in [0.2, 0.25) is 5.91 Å². The third-order valence-electron chi connectivity index (χ3n) is 5.27. The minimum absolute atomic E-state index is 0.127. The number of carbonyl (C=O) groups excluding carboxylic acids is 1. The van der Waals surface area contributed by atoms with Gasteiger partial charge in [0.1, 0.15) is 17.0 Å². The zero-order chi connectivity index (χ0) is 18.3. The Morgan fingerprint density at radius 1 is 1.23 bits per heavy atom. The van der Waals surface area contributed by atoms with Gasteiger partial charge in [-0.3, -0.25) is 4.79 Å². The summed E-state index contributed by atoms with van der Waals surface area (Å²) in [6, 6.07) is 8.83. The maximum atomic E-state index is 11.7. The fourth-order valence-electron chi connectivity index (χ4n) is 3.66. The summed E-state index contributed by atoms with van der Waals surface area (Å²) in [5, 5.41) is 3.21. The Labute approximate surface area is 156 Å². The summed E-state index contributed by atoms with van der Waals surface area (Å²) in [6.07, 6.45) is 3.40. The average Bonchev–Trinajstić information content (AvgIpc) is 3.07. The second-order valence-corrected chi connectivity index (χ2v) is 7.93. The van der Waals surface area contributed by atoms with Crippen molar-refractivity contribution in [2.45, 2.75) is 32.7 Å². The first kappa shape index (κ1) is 17.0. The van der Waals surface area contributed by atoms with Gasteiger partial charge in [0.15, 0.2) is 0 Å². The fourth-order valence-corrected chi connectivity index (χ4v) is 4.57. The summed E-state index contributed by atoms with van der Waals surface area (Å²) in [7, 11) is 0. The number of anilines is 1. The summed E-state index contributed by atoms with van der Waals surface area (Å²) in [5.74, 6) is 0.555. The van der Waals surface area contributed by atoms with Crippen LogP contribution in [0.5, 0.6) is 0 Å². The molecule has 3 aromatic rings. The van der Waals surface area contributed by atoms with Crippen molar-refractivity contribution in [2.24, 2.45) is 11.7 Å². The number of piperidine rings is 1. The molecule has 1 aliphatic rings. The highest BCUT2D eigenvalue weighted by atomic mass is 32.1. The van der Waals surface area contributed by atoms with Gasteiger partial charge < -0.3 is 10.6 Å². The van der Waals surface area contributed by atoms with Crippen molar-refractivity contribution in [1.82, 2.24) is 9.97 Å². The number of nitrogens with two attached hydrogens (primary N) is 1. The molecule has 1 fully saturated rings. The van der Waals surface area contributed by atoms with Crippen molar-refractivity contribution in [1.29, 1.82) is 0 Å². The normalized spacial score (nSPS) is 20.5. The molecule has 1 aliphatic heterocycles. The number of aryl methyl sites for hydroxylation is 1. The van der Waals surface area contributed by atoms with E-state index in [1.54, 1.807) is 17.7 Å². The predicted octanol–water partition coefficient (Wildman–Crippen LogP) is 3.76. The molecule has 26 heavy (non-hydrogen) atoms. The highest BCUT2D eigenvalue weighted by Gasteiger charge is 2.31. The smallest absolute Gasteiger partial charge is 0.222 e. The molecule has 3 heterocycles. The largest absolute Gasteiger partial charge is 0.369 e.